The molecule has 118 valence electrons. The normalized spacial score (nSPS) is 12.3. The van der Waals surface area contributed by atoms with Gasteiger partial charge in [-0.1, -0.05) is 42.5 Å². The van der Waals surface area contributed by atoms with E-state index in [1.54, 1.807) is 0 Å². The summed E-state index contributed by atoms with van der Waals surface area (Å²) in [7, 11) is 0. The molecule has 0 saturated carbocycles. The van der Waals surface area contributed by atoms with Crippen molar-refractivity contribution in [3.05, 3.63) is 87.3 Å². The highest BCUT2D eigenvalue weighted by Gasteiger charge is 2.21. The summed E-state index contributed by atoms with van der Waals surface area (Å²) in [6.45, 7) is 8.28. The molecule has 0 radical (unpaired) electrons. The number of anilines is 1. The van der Waals surface area contributed by atoms with Gasteiger partial charge in [-0.2, -0.15) is 0 Å². The van der Waals surface area contributed by atoms with Gasteiger partial charge < -0.3 is 10.5 Å². The predicted octanol–water partition coefficient (Wildman–Crippen LogP) is 3.65. The van der Waals surface area contributed by atoms with E-state index in [0.29, 0.717) is 5.69 Å². The number of ether oxygens (including phenoxy) is 1. The zero-order valence-electron chi connectivity index (χ0n) is 13.9. The third-order valence-corrected chi connectivity index (χ3v) is 4.46. The van der Waals surface area contributed by atoms with Crippen molar-refractivity contribution in [3.63, 3.8) is 0 Å². The minimum absolute atomic E-state index is 0.697. The number of aryl methyl sites for hydroxylation is 2. The molecule has 0 saturated heterocycles. The van der Waals surface area contributed by atoms with Crippen LogP contribution in [0.4, 0.5) is 5.69 Å². The summed E-state index contributed by atoms with van der Waals surface area (Å²) in [6, 6.07) is 18.5. The van der Waals surface area contributed by atoms with Crippen LogP contribution in [0.1, 0.15) is 22.3 Å². The Kier molecular flexibility index (Phi) is 3.20. The molecule has 3 aromatic carbocycles. The zero-order chi connectivity index (χ0) is 16.8. The maximum atomic E-state index is 6.11. The summed E-state index contributed by atoms with van der Waals surface area (Å²) < 4.78 is 6.11. The summed E-state index contributed by atoms with van der Waals surface area (Å²) in [5.41, 5.74) is 12.6. The number of nitrogen functional groups attached to an aromatic ring is 1. The van der Waals surface area contributed by atoms with Gasteiger partial charge in [0.25, 0.3) is 0 Å². The van der Waals surface area contributed by atoms with Gasteiger partial charge in [-0.05, 0) is 48.4 Å². The molecule has 0 amide bonds. The van der Waals surface area contributed by atoms with E-state index in [4.69, 9.17) is 10.5 Å². The van der Waals surface area contributed by atoms with Gasteiger partial charge in [0, 0.05) is 28.1 Å². The van der Waals surface area contributed by atoms with Crippen LogP contribution in [-0.4, -0.2) is 0 Å². The molecule has 1 aliphatic heterocycles. The van der Waals surface area contributed by atoms with Crippen LogP contribution in [0.15, 0.2) is 54.6 Å². The van der Waals surface area contributed by atoms with E-state index in [9.17, 15) is 0 Å². The first kappa shape index (κ1) is 14.6. The average Bonchev–Trinajstić information content (AvgIpc) is 2.53. The van der Waals surface area contributed by atoms with Gasteiger partial charge in [0.1, 0.15) is 11.5 Å². The molecule has 0 atom stereocenters. The number of nitrogens with two attached hydrogens (primary N) is 1. The molecule has 3 aromatic rings. The van der Waals surface area contributed by atoms with E-state index in [2.05, 4.69) is 44.7 Å². The maximum absolute atomic E-state index is 6.11. The van der Waals surface area contributed by atoms with Crippen molar-refractivity contribution in [2.75, 3.05) is 5.73 Å². The Balaban J connectivity index is 2.14. The van der Waals surface area contributed by atoms with E-state index in [-0.39, 0.29) is 0 Å². The Morgan fingerprint density at radius 2 is 1.62 bits per heavy atom. The fourth-order valence-electron chi connectivity index (χ4n) is 3.34. The van der Waals surface area contributed by atoms with Crippen LogP contribution in [0.3, 0.4) is 0 Å². The molecular weight excluding hydrogens is 294 g/mol. The molecule has 24 heavy (non-hydrogen) atoms. The topological polar surface area (TPSA) is 35.2 Å². The number of fused-ring (bicyclic) bond motifs is 2. The number of hydrogen-bond acceptors (Lipinski definition) is 2. The summed E-state index contributed by atoms with van der Waals surface area (Å²) in [5.74, 6) is 1.62. The van der Waals surface area contributed by atoms with Gasteiger partial charge in [-0.15, -0.1) is 0 Å². The smallest absolute Gasteiger partial charge is 0.137 e. The molecule has 2 N–H and O–H groups in total. The van der Waals surface area contributed by atoms with Crippen molar-refractivity contribution in [1.82, 2.24) is 0 Å². The van der Waals surface area contributed by atoms with Crippen LogP contribution >= 0.6 is 0 Å². The number of benzene rings is 3. The van der Waals surface area contributed by atoms with Gasteiger partial charge in [0.15, 0.2) is 0 Å². The molecule has 0 aromatic heterocycles. The van der Waals surface area contributed by atoms with Crippen LogP contribution in [0.5, 0.6) is 11.5 Å². The predicted molar refractivity (Wildman–Crippen MR) is 99.7 cm³/mol. The molecule has 2 heteroatoms. The zero-order valence-corrected chi connectivity index (χ0v) is 13.9. The van der Waals surface area contributed by atoms with Crippen molar-refractivity contribution >= 4 is 17.8 Å². The Bertz CT molecular complexity index is 1080. The van der Waals surface area contributed by atoms with Crippen molar-refractivity contribution in [1.29, 1.82) is 0 Å². The quantitative estimate of drug-likeness (QED) is 0.544. The van der Waals surface area contributed by atoms with Crippen molar-refractivity contribution < 1.29 is 4.74 Å². The molecule has 0 unspecified atom stereocenters. The van der Waals surface area contributed by atoms with Gasteiger partial charge in [0.05, 0.1) is 0 Å². The van der Waals surface area contributed by atoms with Crippen LogP contribution < -0.4 is 20.9 Å². The van der Waals surface area contributed by atoms with Crippen LogP contribution in [0.25, 0.3) is 12.2 Å². The van der Waals surface area contributed by atoms with Crippen molar-refractivity contribution in [2.45, 2.75) is 13.8 Å². The molecule has 1 aliphatic rings. The van der Waals surface area contributed by atoms with E-state index in [1.165, 1.54) is 22.3 Å². The monoisotopic (exact) mass is 313 g/mol. The van der Waals surface area contributed by atoms with Gasteiger partial charge in [0.2, 0.25) is 0 Å². The third-order valence-electron chi connectivity index (χ3n) is 4.46. The Hall–Kier alpha value is -3.00. The van der Waals surface area contributed by atoms with E-state index < -0.39 is 0 Å². The minimum atomic E-state index is 0.697. The van der Waals surface area contributed by atoms with Crippen LogP contribution in [-0.2, 0) is 0 Å². The van der Waals surface area contributed by atoms with Gasteiger partial charge in [-0.3, -0.25) is 0 Å². The molecule has 1 heterocycles. The lowest BCUT2D eigenvalue weighted by molar-refractivity contribution is 0.472. The molecule has 4 rings (SSSR count). The molecule has 0 fully saturated rings. The Morgan fingerprint density at radius 3 is 2.42 bits per heavy atom. The second-order valence-corrected chi connectivity index (χ2v) is 6.38. The lowest BCUT2D eigenvalue weighted by Gasteiger charge is -2.22. The van der Waals surface area contributed by atoms with E-state index in [0.717, 1.165) is 27.5 Å². The first-order chi connectivity index (χ1) is 11.5. The molecule has 2 nitrogen and oxygen atoms in total. The summed E-state index contributed by atoms with van der Waals surface area (Å²) in [6.07, 6.45) is 0. The fraction of sp³-hybridized carbons (Fsp3) is 0.0909. The lowest BCUT2D eigenvalue weighted by atomic mass is 9.89. The van der Waals surface area contributed by atoms with Gasteiger partial charge in [-0.25, -0.2) is 0 Å². The second-order valence-electron chi connectivity index (χ2n) is 6.38. The summed E-state index contributed by atoms with van der Waals surface area (Å²) in [5, 5.41) is 2.02. The number of hydrogen-bond donors (Lipinski definition) is 1. The maximum Gasteiger partial charge on any atom is 0.137 e. The van der Waals surface area contributed by atoms with E-state index >= 15 is 0 Å². The van der Waals surface area contributed by atoms with Crippen LogP contribution in [0, 0.1) is 13.8 Å². The highest BCUT2D eigenvalue weighted by molar-refractivity contribution is 5.87. The van der Waals surface area contributed by atoms with E-state index in [1.807, 2.05) is 30.3 Å². The largest absolute Gasteiger partial charge is 0.456 e. The lowest BCUT2D eigenvalue weighted by Crippen LogP contribution is -2.20. The highest BCUT2D eigenvalue weighted by Crippen LogP contribution is 2.37. The Morgan fingerprint density at radius 1 is 0.833 bits per heavy atom. The summed E-state index contributed by atoms with van der Waals surface area (Å²) in [4.78, 5) is 0. The molecular formula is C22H19NO. The Labute approximate surface area is 141 Å². The number of rotatable bonds is 1. The molecule has 0 spiro atoms. The van der Waals surface area contributed by atoms with Gasteiger partial charge >= 0.3 is 0 Å². The molecule has 0 bridgehead atoms. The first-order valence-corrected chi connectivity index (χ1v) is 8.01. The SMILES string of the molecule is C=c1ccc2c(c1)Oc1cc(N)ccc1C=2c1ccc(C)cc1C. The second kappa shape index (κ2) is 5.27. The summed E-state index contributed by atoms with van der Waals surface area (Å²) >= 11 is 0. The fourth-order valence-corrected chi connectivity index (χ4v) is 3.34. The van der Waals surface area contributed by atoms with Crippen molar-refractivity contribution in [3.8, 4) is 11.5 Å². The first-order valence-electron chi connectivity index (χ1n) is 8.01. The average molecular weight is 313 g/mol. The third kappa shape index (κ3) is 2.28. The molecule has 0 aliphatic carbocycles. The van der Waals surface area contributed by atoms with Crippen LogP contribution in [0.2, 0.25) is 0 Å². The minimum Gasteiger partial charge on any atom is -0.456 e. The highest BCUT2D eigenvalue weighted by atomic mass is 16.5. The van der Waals surface area contributed by atoms with Crippen molar-refractivity contribution in [2.24, 2.45) is 0 Å². The standard InChI is InChI=1S/C22H19NO/c1-13-4-7-17(15(3)10-13)22-18-8-5-14(2)11-20(18)24-21-12-16(23)6-9-19(21)22/h4-12H,2,23H2,1,3H3.